The Morgan fingerprint density at radius 1 is 1.24 bits per heavy atom. The molecule has 0 bridgehead atoms. The van der Waals surface area contributed by atoms with Crippen LogP contribution in [0.4, 0.5) is 11.5 Å². The Labute approximate surface area is 108 Å². The van der Waals surface area contributed by atoms with E-state index in [0.717, 1.165) is 21.7 Å². The number of nitrogens with zero attached hydrogens (tertiary/aromatic N) is 2. The third-order valence-electron chi connectivity index (χ3n) is 2.33. The SMILES string of the molecule is Cc1nc(Nc2ccccc2C#N)ccc1Br. The van der Waals surface area contributed by atoms with E-state index in [4.69, 9.17) is 5.26 Å². The average molecular weight is 288 g/mol. The molecule has 0 aliphatic carbocycles. The zero-order chi connectivity index (χ0) is 12.3. The number of aryl methyl sites for hydroxylation is 1. The lowest BCUT2D eigenvalue weighted by Crippen LogP contribution is -1.97. The lowest BCUT2D eigenvalue weighted by molar-refractivity contribution is 1.18. The fourth-order valence-electron chi connectivity index (χ4n) is 1.44. The first-order valence-corrected chi connectivity index (χ1v) is 5.89. The summed E-state index contributed by atoms with van der Waals surface area (Å²) in [5.41, 5.74) is 2.28. The molecular formula is C13H10BrN3. The summed E-state index contributed by atoms with van der Waals surface area (Å²) in [6.07, 6.45) is 0. The van der Waals surface area contributed by atoms with Crippen molar-refractivity contribution in [2.24, 2.45) is 0 Å². The van der Waals surface area contributed by atoms with Gasteiger partial charge in [-0.3, -0.25) is 0 Å². The van der Waals surface area contributed by atoms with Crippen LogP contribution in [0.5, 0.6) is 0 Å². The highest BCUT2D eigenvalue weighted by atomic mass is 79.9. The van der Waals surface area contributed by atoms with Crippen LogP contribution in [-0.4, -0.2) is 4.98 Å². The third-order valence-corrected chi connectivity index (χ3v) is 3.17. The van der Waals surface area contributed by atoms with Crippen LogP contribution in [0.25, 0.3) is 0 Å². The number of para-hydroxylation sites is 1. The molecule has 4 heteroatoms. The Morgan fingerprint density at radius 3 is 2.71 bits per heavy atom. The van der Waals surface area contributed by atoms with Gasteiger partial charge in [-0.2, -0.15) is 5.26 Å². The highest BCUT2D eigenvalue weighted by Gasteiger charge is 2.03. The number of benzene rings is 1. The van der Waals surface area contributed by atoms with Crippen molar-refractivity contribution >= 4 is 27.4 Å². The molecule has 1 heterocycles. The summed E-state index contributed by atoms with van der Waals surface area (Å²) in [6.45, 7) is 1.92. The third kappa shape index (κ3) is 2.63. The molecule has 17 heavy (non-hydrogen) atoms. The number of nitrogens with one attached hydrogen (secondary N) is 1. The Balaban J connectivity index is 2.32. The van der Waals surface area contributed by atoms with Gasteiger partial charge in [-0.1, -0.05) is 12.1 Å². The first-order chi connectivity index (χ1) is 8.20. The molecule has 1 aromatic carbocycles. The van der Waals surface area contributed by atoms with Crippen LogP contribution in [0.2, 0.25) is 0 Å². The van der Waals surface area contributed by atoms with E-state index in [2.05, 4.69) is 32.3 Å². The van der Waals surface area contributed by atoms with Crippen molar-refractivity contribution in [3.8, 4) is 6.07 Å². The second-order valence-electron chi connectivity index (χ2n) is 3.55. The Bertz CT molecular complexity index is 587. The molecule has 0 fully saturated rings. The van der Waals surface area contributed by atoms with Gasteiger partial charge in [0.25, 0.3) is 0 Å². The van der Waals surface area contributed by atoms with Crippen LogP contribution in [0.3, 0.4) is 0 Å². The molecule has 0 unspecified atom stereocenters. The zero-order valence-corrected chi connectivity index (χ0v) is 10.8. The zero-order valence-electron chi connectivity index (χ0n) is 9.24. The smallest absolute Gasteiger partial charge is 0.130 e. The minimum atomic E-state index is 0.606. The van der Waals surface area contributed by atoms with Gasteiger partial charge in [0.1, 0.15) is 11.9 Å². The van der Waals surface area contributed by atoms with Crippen LogP contribution in [0.1, 0.15) is 11.3 Å². The van der Waals surface area contributed by atoms with Crippen molar-refractivity contribution in [2.45, 2.75) is 6.92 Å². The number of anilines is 2. The monoisotopic (exact) mass is 287 g/mol. The number of nitriles is 1. The highest BCUT2D eigenvalue weighted by molar-refractivity contribution is 9.10. The molecule has 84 valence electrons. The van der Waals surface area contributed by atoms with E-state index in [1.54, 1.807) is 6.07 Å². The first-order valence-electron chi connectivity index (χ1n) is 5.10. The number of hydrogen-bond acceptors (Lipinski definition) is 3. The van der Waals surface area contributed by atoms with E-state index in [-0.39, 0.29) is 0 Å². The molecule has 0 aliphatic rings. The Kier molecular flexibility index (Phi) is 3.40. The standard InChI is InChI=1S/C13H10BrN3/c1-9-11(14)6-7-13(16-9)17-12-5-3-2-4-10(12)8-15/h2-7H,1H3,(H,16,17). The quantitative estimate of drug-likeness (QED) is 0.915. The maximum absolute atomic E-state index is 8.98. The second-order valence-corrected chi connectivity index (χ2v) is 4.40. The Hall–Kier alpha value is -1.86. The summed E-state index contributed by atoms with van der Waals surface area (Å²) in [7, 11) is 0. The highest BCUT2D eigenvalue weighted by Crippen LogP contribution is 2.21. The molecular weight excluding hydrogens is 278 g/mol. The van der Waals surface area contributed by atoms with Crippen molar-refractivity contribution in [1.82, 2.24) is 4.98 Å². The molecule has 2 rings (SSSR count). The molecule has 0 spiro atoms. The van der Waals surface area contributed by atoms with E-state index in [0.29, 0.717) is 5.56 Å². The van der Waals surface area contributed by atoms with Gasteiger partial charge < -0.3 is 5.32 Å². The van der Waals surface area contributed by atoms with Crippen LogP contribution in [0, 0.1) is 18.3 Å². The molecule has 0 atom stereocenters. The normalized spacial score (nSPS) is 9.71. The summed E-state index contributed by atoms with van der Waals surface area (Å²) in [5.74, 6) is 0.730. The summed E-state index contributed by atoms with van der Waals surface area (Å²) in [6, 6.07) is 13.3. The van der Waals surface area contributed by atoms with Crippen molar-refractivity contribution < 1.29 is 0 Å². The molecule has 1 N–H and O–H groups in total. The topological polar surface area (TPSA) is 48.7 Å². The fourth-order valence-corrected chi connectivity index (χ4v) is 1.66. The van der Waals surface area contributed by atoms with Gasteiger partial charge >= 0.3 is 0 Å². The van der Waals surface area contributed by atoms with E-state index in [1.807, 2.05) is 37.3 Å². The Morgan fingerprint density at radius 2 is 2.00 bits per heavy atom. The molecule has 3 nitrogen and oxygen atoms in total. The molecule has 2 aromatic rings. The van der Waals surface area contributed by atoms with Gasteiger partial charge in [-0.05, 0) is 47.1 Å². The van der Waals surface area contributed by atoms with Gasteiger partial charge in [0.15, 0.2) is 0 Å². The van der Waals surface area contributed by atoms with Crippen molar-refractivity contribution in [3.63, 3.8) is 0 Å². The summed E-state index contributed by atoms with van der Waals surface area (Å²) in [4.78, 5) is 4.38. The van der Waals surface area contributed by atoms with Gasteiger partial charge in [0, 0.05) is 4.47 Å². The molecule has 0 saturated heterocycles. The molecule has 1 aromatic heterocycles. The number of hydrogen-bond donors (Lipinski definition) is 1. The number of pyridine rings is 1. The van der Waals surface area contributed by atoms with Crippen molar-refractivity contribution in [3.05, 3.63) is 52.1 Å². The van der Waals surface area contributed by atoms with Crippen LogP contribution < -0.4 is 5.32 Å². The first kappa shape index (κ1) is 11.6. The maximum Gasteiger partial charge on any atom is 0.130 e. The predicted molar refractivity (Wildman–Crippen MR) is 71.1 cm³/mol. The van der Waals surface area contributed by atoms with Crippen molar-refractivity contribution in [1.29, 1.82) is 5.26 Å². The average Bonchev–Trinajstić information content (AvgIpc) is 2.34. The number of rotatable bonds is 2. The van der Waals surface area contributed by atoms with Gasteiger partial charge in [-0.25, -0.2) is 4.98 Å². The largest absolute Gasteiger partial charge is 0.339 e. The van der Waals surface area contributed by atoms with Gasteiger partial charge in [0.05, 0.1) is 16.9 Å². The molecule has 0 saturated carbocycles. The van der Waals surface area contributed by atoms with Gasteiger partial charge in [-0.15, -0.1) is 0 Å². The van der Waals surface area contributed by atoms with E-state index in [9.17, 15) is 0 Å². The minimum absolute atomic E-state index is 0.606. The fraction of sp³-hybridized carbons (Fsp3) is 0.0769. The maximum atomic E-state index is 8.98. The lowest BCUT2D eigenvalue weighted by Gasteiger charge is -2.08. The summed E-state index contributed by atoms with van der Waals surface area (Å²) >= 11 is 3.40. The van der Waals surface area contributed by atoms with Crippen molar-refractivity contribution in [2.75, 3.05) is 5.32 Å². The number of aromatic nitrogens is 1. The van der Waals surface area contributed by atoms with Crippen LogP contribution in [-0.2, 0) is 0 Å². The second kappa shape index (κ2) is 4.98. The lowest BCUT2D eigenvalue weighted by atomic mass is 10.2. The predicted octanol–water partition coefficient (Wildman–Crippen LogP) is 3.77. The van der Waals surface area contributed by atoms with Gasteiger partial charge in [0.2, 0.25) is 0 Å². The minimum Gasteiger partial charge on any atom is -0.339 e. The van der Waals surface area contributed by atoms with Crippen LogP contribution in [0.15, 0.2) is 40.9 Å². The molecule has 0 radical (unpaired) electrons. The summed E-state index contributed by atoms with van der Waals surface area (Å²) < 4.78 is 0.969. The van der Waals surface area contributed by atoms with E-state index >= 15 is 0 Å². The summed E-state index contributed by atoms with van der Waals surface area (Å²) in [5, 5.41) is 12.1. The number of halogens is 1. The molecule has 0 aliphatic heterocycles. The van der Waals surface area contributed by atoms with Crippen LogP contribution >= 0.6 is 15.9 Å². The van der Waals surface area contributed by atoms with E-state index in [1.165, 1.54) is 0 Å². The molecule has 0 amide bonds. The van der Waals surface area contributed by atoms with E-state index < -0.39 is 0 Å².